The van der Waals surface area contributed by atoms with Crippen molar-refractivity contribution in [2.75, 3.05) is 6.54 Å². The lowest BCUT2D eigenvalue weighted by molar-refractivity contribution is -0.422. The van der Waals surface area contributed by atoms with Crippen LogP contribution in [0.2, 0.25) is 0 Å². The third-order valence-corrected chi connectivity index (χ3v) is 3.28. The van der Waals surface area contributed by atoms with Crippen LogP contribution in [0.15, 0.2) is 24.3 Å². The van der Waals surface area contributed by atoms with Gasteiger partial charge < -0.3 is 21.5 Å². The minimum Gasteiger partial charge on any atom is -0.391 e. The topological polar surface area (TPSA) is 158 Å². The second-order valence-electron chi connectivity index (χ2n) is 5.73. The molecule has 0 aliphatic rings. The van der Waals surface area contributed by atoms with Crippen LogP contribution in [0.3, 0.4) is 0 Å². The van der Waals surface area contributed by atoms with Crippen molar-refractivity contribution in [3.05, 3.63) is 24.3 Å². The molecule has 0 aromatic rings. The zero-order valence-electron chi connectivity index (χ0n) is 14.5. The van der Waals surface area contributed by atoms with Gasteiger partial charge in [-0.05, 0) is 13.8 Å². The minimum absolute atomic E-state index is 0.172. The molecule has 0 fully saturated rings. The third-order valence-electron chi connectivity index (χ3n) is 3.28. The van der Waals surface area contributed by atoms with Gasteiger partial charge in [0.25, 0.3) is 0 Å². The molecular formula is C16H31N5O3+2. The standard InChI is InChI=1S/C16H29N5O3/c1-3-4-5-6-15(23)21-11(2)13(22)9-12(17)10-16(24)20-8-7-14(18)19/h3-6,11-13,22H,7-10,17H2,1-2H3,(H3,18,19)(H,20,24)(H,21,23)/p+2/b4-3+,6-5+/t11-,12-,13-/m1/s1. The first-order chi connectivity index (χ1) is 11.3. The highest BCUT2D eigenvalue weighted by molar-refractivity contribution is 5.88. The monoisotopic (exact) mass is 341 g/mol. The Kier molecular flexibility index (Phi) is 11.1. The summed E-state index contributed by atoms with van der Waals surface area (Å²) in [5.74, 6) is -0.187. The second kappa shape index (κ2) is 12.3. The Bertz CT molecular complexity index is 476. The number of rotatable bonds is 11. The molecule has 0 aromatic carbocycles. The number of nitrogens with one attached hydrogen (secondary N) is 2. The summed E-state index contributed by atoms with van der Waals surface area (Å²) in [6, 6.07) is -0.705. The van der Waals surface area contributed by atoms with Gasteiger partial charge in [-0.25, -0.2) is 0 Å². The van der Waals surface area contributed by atoms with E-state index in [1.165, 1.54) is 6.08 Å². The van der Waals surface area contributed by atoms with Crippen LogP contribution in [0.5, 0.6) is 0 Å². The smallest absolute Gasteiger partial charge is 0.244 e. The molecule has 10 N–H and O–H groups in total. The van der Waals surface area contributed by atoms with Crippen LogP contribution < -0.4 is 27.5 Å². The first-order valence-electron chi connectivity index (χ1n) is 8.00. The van der Waals surface area contributed by atoms with E-state index in [9.17, 15) is 14.7 Å². The van der Waals surface area contributed by atoms with Crippen LogP contribution in [0.25, 0.3) is 0 Å². The molecule has 8 heteroatoms. The lowest BCUT2D eigenvalue weighted by Crippen LogP contribution is -2.64. The van der Waals surface area contributed by atoms with Crippen molar-refractivity contribution >= 4 is 17.6 Å². The van der Waals surface area contributed by atoms with Crippen LogP contribution >= 0.6 is 0 Å². The number of carbonyl (C=O) groups excluding carboxylic acids is 2. The molecule has 0 saturated carbocycles. The van der Waals surface area contributed by atoms with Crippen molar-refractivity contribution in [2.45, 2.75) is 51.3 Å². The van der Waals surface area contributed by atoms with Gasteiger partial charge in [-0.3, -0.25) is 20.7 Å². The lowest BCUT2D eigenvalue weighted by Gasteiger charge is -2.21. The number of hydrogen-bond donors (Lipinski definition) is 6. The fourth-order valence-electron chi connectivity index (χ4n) is 1.93. The van der Waals surface area contributed by atoms with Gasteiger partial charge in [0.15, 0.2) is 0 Å². The number of allylic oxidation sites excluding steroid dienone is 3. The maximum atomic E-state index is 11.7. The molecule has 2 amide bonds. The van der Waals surface area contributed by atoms with Crippen molar-refractivity contribution < 1.29 is 25.8 Å². The molecule has 24 heavy (non-hydrogen) atoms. The summed E-state index contributed by atoms with van der Waals surface area (Å²) in [7, 11) is 0. The summed E-state index contributed by atoms with van der Waals surface area (Å²) in [4.78, 5) is 23.3. The zero-order valence-corrected chi connectivity index (χ0v) is 14.5. The number of amidine groups is 1. The van der Waals surface area contributed by atoms with Gasteiger partial charge in [-0.2, -0.15) is 0 Å². The van der Waals surface area contributed by atoms with Crippen molar-refractivity contribution in [3.8, 4) is 0 Å². The maximum Gasteiger partial charge on any atom is 0.244 e. The highest BCUT2D eigenvalue weighted by atomic mass is 16.3. The summed E-state index contributed by atoms with van der Waals surface area (Å²) in [5.41, 5.74) is 9.18. The number of nitrogens with two attached hydrogens (primary N) is 2. The molecule has 0 bridgehead atoms. The number of amides is 2. The average molecular weight is 341 g/mol. The van der Waals surface area contributed by atoms with E-state index in [0.717, 1.165) is 0 Å². The predicted octanol–water partition coefficient (Wildman–Crippen LogP) is -3.00. The van der Waals surface area contributed by atoms with Crippen molar-refractivity contribution in [1.82, 2.24) is 10.6 Å². The summed E-state index contributed by atoms with van der Waals surface area (Å²) in [6.45, 7) is 3.93. The molecule has 0 unspecified atom stereocenters. The maximum absolute atomic E-state index is 11.7. The fraction of sp³-hybridized carbons (Fsp3) is 0.562. The molecule has 0 radical (unpaired) electrons. The summed E-state index contributed by atoms with van der Waals surface area (Å²) in [6.07, 6.45) is 6.67. The van der Waals surface area contributed by atoms with Crippen LogP contribution in [0, 0.1) is 0 Å². The molecule has 136 valence electrons. The van der Waals surface area contributed by atoms with Crippen LogP contribution in [-0.2, 0) is 9.59 Å². The van der Waals surface area contributed by atoms with Gasteiger partial charge in [-0.15, -0.1) is 0 Å². The van der Waals surface area contributed by atoms with Crippen molar-refractivity contribution in [3.63, 3.8) is 0 Å². The Labute approximate surface area is 142 Å². The molecule has 0 aromatic heterocycles. The second-order valence-corrected chi connectivity index (χ2v) is 5.73. The first kappa shape index (κ1) is 21.8. The van der Waals surface area contributed by atoms with Gasteiger partial charge in [0.05, 0.1) is 31.0 Å². The normalized spacial score (nSPS) is 15.2. The fourth-order valence-corrected chi connectivity index (χ4v) is 1.93. The minimum atomic E-state index is -0.785. The van der Waals surface area contributed by atoms with Crippen LogP contribution in [0.1, 0.15) is 33.1 Å². The van der Waals surface area contributed by atoms with Gasteiger partial charge in [0.1, 0.15) is 0 Å². The Balaban J connectivity index is 4.14. The van der Waals surface area contributed by atoms with E-state index >= 15 is 0 Å². The van der Waals surface area contributed by atoms with E-state index in [4.69, 9.17) is 11.1 Å². The Morgan fingerprint density at radius 3 is 2.62 bits per heavy atom. The van der Waals surface area contributed by atoms with E-state index in [1.54, 1.807) is 25.2 Å². The summed E-state index contributed by atoms with van der Waals surface area (Å²) < 4.78 is 0. The number of aliphatic hydroxyl groups is 1. The quantitative estimate of drug-likeness (QED) is 0.102. The molecule has 0 heterocycles. The Hall–Kier alpha value is -2.19. The van der Waals surface area contributed by atoms with Gasteiger partial charge in [-0.1, -0.05) is 18.2 Å². The third kappa shape index (κ3) is 11.4. The Morgan fingerprint density at radius 2 is 2.04 bits per heavy atom. The van der Waals surface area contributed by atoms with Crippen LogP contribution in [0.4, 0.5) is 0 Å². The molecule has 3 atom stereocenters. The predicted molar refractivity (Wildman–Crippen MR) is 92.2 cm³/mol. The van der Waals surface area contributed by atoms with Crippen LogP contribution in [-0.4, -0.2) is 47.5 Å². The average Bonchev–Trinajstić information content (AvgIpc) is 2.46. The Morgan fingerprint density at radius 1 is 1.38 bits per heavy atom. The highest BCUT2D eigenvalue weighted by Gasteiger charge is 2.22. The number of carbonyl (C=O) groups is 2. The van der Waals surface area contributed by atoms with E-state index in [2.05, 4.69) is 16.4 Å². The van der Waals surface area contributed by atoms with E-state index in [-0.39, 0.29) is 30.1 Å². The first-order valence-corrected chi connectivity index (χ1v) is 8.00. The van der Waals surface area contributed by atoms with Crippen molar-refractivity contribution in [1.29, 1.82) is 0 Å². The molecule has 0 spiro atoms. The summed E-state index contributed by atoms with van der Waals surface area (Å²) in [5, 5.41) is 20.8. The summed E-state index contributed by atoms with van der Waals surface area (Å²) >= 11 is 0. The molecule has 0 aliphatic heterocycles. The number of hydrogen-bond acceptors (Lipinski definition) is 3. The largest absolute Gasteiger partial charge is 0.391 e. The number of aliphatic hydroxyl groups excluding tert-OH is 1. The highest BCUT2D eigenvalue weighted by Crippen LogP contribution is 2.04. The van der Waals surface area contributed by atoms with Gasteiger partial charge in [0, 0.05) is 19.0 Å². The zero-order chi connectivity index (χ0) is 18.5. The molecule has 0 saturated heterocycles. The number of quaternary nitrogens is 1. The molecular weight excluding hydrogens is 310 g/mol. The molecule has 0 aliphatic carbocycles. The molecule has 8 nitrogen and oxygen atoms in total. The van der Waals surface area contributed by atoms with Gasteiger partial charge >= 0.3 is 0 Å². The SMILES string of the molecule is C/C=C/C=C/C(=O)N[C@H](C)[C@H](O)C[C@@H]([NH3+])CC(=O)NCCC(N)=[NH2+]. The van der Waals surface area contributed by atoms with E-state index in [0.29, 0.717) is 19.4 Å². The van der Waals surface area contributed by atoms with E-state index in [1.807, 2.05) is 6.92 Å². The molecule has 0 rings (SSSR count). The van der Waals surface area contributed by atoms with Crippen molar-refractivity contribution in [2.24, 2.45) is 5.73 Å². The van der Waals surface area contributed by atoms with Gasteiger partial charge in [0.2, 0.25) is 17.6 Å². The lowest BCUT2D eigenvalue weighted by atomic mass is 10.0. The van der Waals surface area contributed by atoms with E-state index < -0.39 is 12.1 Å².